The van der Waals surface area contributed by atoms with Gasteiger partial charge in [0.15, 0.2) is 0 Å². The van der Waals surface area contributed by atoms with Crippen LogP contribution in [0.4, 0.5) is 0 Å². The first-order chi connectivity index (χ1) is 12.2. The molecule has 3 rings (SSSR count). The van der Waals surface area contributed by atoms with E-state index in [1.165, 1.54) is 0 Å². The van der Waals surface area contributed by atoms with Gasteiger partial charge in [-0.15, -0.1) is 11.3 Å². The standard InChI is InChI=1S/C20H19NO3S/c1-2-24-17-9-5-3-7-14(17)13-15(11-12-19(22)23)20-21-16-8-4-6-10-18(16)25-20/h3-10,13H,2,11-12H2,1H3,(H,22,23)/b15-13-. The minimum absolute atomic E-state index is 0.0680. The highest BCUT2D eigenvalue weighted by Gasteiger charge is 2.12. The highest BCUT2D eigenvalue weighted by atomic mass is 32.1. The Hall–Kier alpha value is -2.66. The number of aromatic nitrogens is 1. The molecule has 25 heavy (non-hydrogen) atoms. The topological polar surface area (TPSA) is 59.4 Å². The summed E-state index contributed by atoms with van der Waals surface area (Å²) in [4.78, 5) is 15.7. The third-order valence-corrected chi connectivity index (χ3v) is 4.84. The van der Waals surface area contributed by atoms with Crippen molar-refractivity contribution in [3.05, 3.63) is 59.1 Å². The summed E-state index contributed by atoms with van der Waals surface area (Å²) in [6.07, 6.45) is 2.49. The molecule has 1 N–H and O–H groups in total. The molecule has 0 unspecified atom stereocenters. The van der Waals surface area contributed by atoms with Crippen LogP contribution < -0.4 is 4.74 Å². The minimum atomic E-state index is -0.815. The van der Waals surface area contributed by atoms with Crippen molar-refractivity contribution in [3.63, 3.8) is 0 Å². The second-order valence-electron chi connectivity index (χ2n) is 5.52. The Bertz CT molecular complexity index is 881. The summed E-state index contributed by atoms with van der Waals surface area (Å²) in [5, 5.41) is 9.94. The molecule has 0 aliphatic rings. The van der Waals surface area contributed by atoms with Crippen LogP contribution in [0.5, 0.6) is 5.75 Å². The van der Waals surface area contributed by atoms with E-state index >= 15 is 0 Å². The molecule has 0 bridgehead atoms. The Labute approximate surface area is 150 Å². The number of carbonyl (C=O) groups is 1. The van der Waals surface area contributed by atoms with E-state index in [4.69, 9.17) is 9.84 Å². The zero-order chi connectivity index (χ0) is 17.6. The highest BCUT2D eigenvalue weighted by molar-refractivity contribution is 7.19. The number of hydrogen-bond donors (Lipinski definition) is 1. The zero-order valence-corrected chi connectivity index (χ0v) is 14.8. The van der Waals surface area contributed by atoms with E-state index in [-0.39, 0.29) is 6.42 Å². The summed E-state index contributed by atoms with van der Waals surface area (Å²) in [5.41, 5.74) is 2.78. The maximum Gasteiger partial charge on any atom is 0.303 e. The Kier molecular flexibility index (Phi) is 5.46. The van der Waals surface area contributed by atoms with E-state index in [9.17, 15) is 4.79 Å². The molecule has 4 nitrogen and oxygen atoms in total. The second-order valence-corrected chi connectivity index (χ2v) is 6.55. The lowest BCUT2D eigenvalue weighted by molar-refractivity contribution is -0.136. The predicted octanol–water partition coefficient (Wildman–Crippen LogP) is 5.10. The van der Waals surface area contributed by atoms with Gasteiger partial charge in [-0.25, -0.2) is 4.98 Å². The molecule has 2 aromatic carbocycles. The number of allylic oxidation sites excluding steroid dienone is 1. The number of carboxylic acids is 1. The van der Waals surface area contributed by atoms with Crippen molar-refractivity contribution in [2.45, 2.75) is 19.8 Å². The average Bonchev–Trinajstić information content (AvgIpc) is 3.04. The molecular weight excluding hydrogens is 334 g/mol. The summed E-state index contributed by atoms with van der Waals surface area (Å²) in [6.45, 7) is 2.52. The number of hydrogen-bond acceptors (Lipinski definition) is 4. The van der Waals surface area contributed by atoms with Crippen molar-refractivity contribution in [3.8, 4) is 5.75 Å². The van der Waals surface area contributed by atoms with E-state index in [0.29, 0.717) is 13.0 Å². The van der Waals surface area contributed by atoms with Crippen molar-refractivity contribution in [2.24, 2.45) is 0 Å². The molecular formula is C20H19NO3S. The summed E-state index contributed by atoms with van der Waals surface area (Å²) in [7, 11) is 0. The van der Waals surface area contributed by atoms with Gasteiger partial charge in [0.2, 0.25) is 0 Å². The zero-order valence-electron chi connectivity index (χ0n) is 13.9. The quantitative estimate of drug-likeness (QED) is 0.642. The number of nitrogens with zero attached hydrogens (tertiary/aromatic N) is 1. The summed E-state index contributed by atoms with van der Waals surface area (Å²) in [5.74, 6) is -0.0240. The summed E-state index contributed by atoms with van der Waals surface area (Å²) < 4.78 is 6.77. The van der Waals surface area contributed by atoms with E-state index in [1.54, 1.807) is 11.3 Å². The van der Waals surface area contributed by atoms with E-state index in [1.807, 2.05) is 61.5 Å². The fourth-order valence-electron chi connectivity index (χ4n) is 2.57. The monoisotopic (exact) mass is 353 g/mol. The van der Waals surface area contributed by atoms with E-state index in [2.05, 4.69) is 4.98 Å². The Morgan fingerprint density at radius 2 is 1.92 bits per heavy atom. The van der Waals surface area contributed by atoms with Crippen LogP contribution in [-0.4, -0.2) is 22.7 Å². The van der Waals surface area contributed by atoms with Gasteiger partial charge >= 0.3 is 5.97 Å². The van der Waals surface area contributed by atoms with Crippen LogP contribution in [0, 0.1) is 0 Å². The third-order valence-electron chi connectivity index (χ3n) is 3.73. The van der Waals surface area contributed by atoms with Crippen molar-refractivity contribution < 1.29 is 14.6 Å². The van der Waals surface area contributed by atoms with Gasteiger partial charge in [-0.2, -0.15) is 0 Å². The van der Waals surface area contributed by atoms with Crippen molar-refractivity contribution in [2.75, 3.05) is 6.61 Å². The number of carboxylic acid groups (broad SMARTS) is 1. The molecule has 0 atom stereocenters. The molecule has 0 saturated heterocycles. The van der Waals surface area contributed by atoms with Crippen molar-refractivity contribution in [1.29, 1.82) is 0 Å². The first kappa shape index (κ1) is 17.2. The van der Waals surface area contributed by atoms with Gasteiger partial charge in [0, 0.05) is 12.0 Å². The van der Waals surface area contributed by atoms with Gasteiger partial charge < -0.3 is 9.84 Å². The molecule has 0 saturated carbocycles. The molecule has 0 amide bonds. The lowest BCUT2D eigenvalue weighted by atomic mass is 10.1. The molecule has 3 aromatic rings. The van der Waals surface area contributed by atoms with Gasteiger partial charge in [-0.1, -0.05) is 30.3 Å². The van der Waals surface area contributed by atoms with Gasteiger partial charge in [-0.3, -0.25) is 4.79 Å². The molecule has 0 fully saturated rings. The van der Waals surface area contributed by atoms with Crippen LogP contribution >= 0.6 is 11.3 Å². The molecule has 0 spiro atoms. The Morgan fingerprint density at radius 3 is 2.68 bits per heavy atom. The van der Waals surface area contributed by atoms with Crippen LogP contribution in [0.15, 0.2) is 48.5 Å². The number of ether oxygens (including phenoxy) is 1. The number of aliphatic carboxylic acids is 1. The van der Waals surface area contributed by atoms with Crippen LogP contribution in [0.3, 0.4) is 0 Å². The van der Waals surface area contributed by atoms with Crippen LogP contribution in [0.25, 0.3) is 21.9 Å². The van der Waals surface area contributed by atoms with E-state index in [0.717, 1.165) is 32.1 Å². The second kappa shape index (κ2) is 7.94. The molecule has 1 heterocycles. The first-order valence-corrected chi connectivity index (χ1v) is 8.99. The summed E-state index contributed by atoms with van der Waals surface area (Å²) in [6, 6.07) is 15.7. The van der Waals surface area contributed by atoms with Crippen LogP contribution in [0.2, 0.25) is 0 Å². The summed E-state index contributed by atoms with van der Waals surface area (Å²) >= 11 is 1.58. The molecule has 0 aliphatic heterocycles. The predicted molar refractivity (Wildman–Crippen MR) is 102 cm³/mol. The van der Waals surface area contributed by atoms with Gasteiger partial charge in [-0.05, 0) is 43.2 Å². The first-order valence-electron chi connectivity index (χ1n) is 8.17. The van der Waals surface area contributed by atoms with Crippen LogP contribution in [-0.2, 0) is 4.79 Å². The van der Waals surface area contributed by atoms with Crippen LogP contribution in [0.1, 0.15) is 30.3 Å². The number of fused-ring (bicyclic) bond motifs is 1. The third kappa shape index (κ3) is 4.25. The highest BCUT2D eigenvalue weighted by Crippen LogP contribution is 2.32. The Balaban J connectivity index is 2.03. The normalized spacial score (nSPS) is 11.6. The number of thiazole rings is 1. The molecule has 0 radical (unpaired) electrons. The fourth-order valence-corrected chi connectivity index (χ4v) is 3.58. The van der Waals surface area contributed by atoms with Gasteiger partial charge in [0.25, 0.3) is 0 Å². The van der Waals surface area contributed by atoms with E-state index < -0.39 is 5.97 Å². The maximum atomic E-state index is 11.1. The maximum absolute atomic E-state index is 11.1. The number of rotatable bonds is 7. The number of para-hydroxylation sites is 2. The molecule has 0 aliphatic carbocycles. The smallest absolute Gasteiger partial charge is 0.303 e. The molecule has 1 aromatic heterocycles. The number of benzene rings is 2. The van der Waals surface area contributed by atoms with Crippen molar-refractivity contribution in [1.82, 2.24) is 4.98 Å². The molecule has 5 heteroatoms. The minimum Gasteiger partial charge on any atom is -0.493 e. The lowest BCUT2D eigenvalue weighted by Crippen LogP contribution is -1.97. The SMILES string of the molecule is CCOc1ccccc1/C=C(/CCC(=O)O)c1nc2ccccc2s1. The lowest BCUT2D eigenvalue weighted by Gasteiger charge is -2.09. The van der Waals surface area contributed by atoms with Gasteiger partial charge in [0.1, 0.15) is 10.8 Å². The molecule has 128 valence electrons. The largest absolute Gasteiger partial charge is 0.493 e. The van der Waals surface area contributed by atoms with Crippen molar-refractivity contribution >= 4 is 39.2 Å². The fraction of sp³-hybridized carbons (Fsp3) is 0.200. The Morgan fingerprint density at radius 1 is 1.16 bits per heavy atom. The average molecular weight is 353 g/mol. The van der Waals surface area contributed by atoms with Gasteiger partial charge in [0.05, 0.1) is 16.8 Å².